The molecule has 0 amide bonds. The highest BCUT2D eigenvalue weighted by Crippen LogP contribution is 2.24. The number of aliphatic hydroxyl groups excluding tert-OH is 1. The maximum absolute atomic E-state index is 8.99. The molecule has 1 unspecified atom stereocenters. The van der Waals surface area contributed by atoms with Gasteiger partial charge in [-0.2, -0.15) is 0 Å². The second kappa shape index (κ2) is 3.66. The van der Waals surface area contributed by atoms with Gasteiger partial charge in [-0.05, 0) is 23.6 Å². The summed E-state index contributed by atoms with van der Waals surface area (Å²) in [6.45, 7) is 0.951. The molecule has 0 radical (unpaired) electrons. The monoisotopic (exact) mass is 197 g/mol. The molecule has 0 aliphatic carbocycles. The fourth-order valence-corrected chi connectivity index (χ4v) is 1.97. The summed E-state index contributed by atoms with van der Waals surface area (Å²) in [4.78, 5) is 0. The largest absolute Gasteiger partial charge is 0.395 e. The molecule has 1 heterocycles. The van der Waals surface area contributed by atoms with Crippen molar-refractivity contribution in [3.8, 4) is 0 Å². The standard InChI is InChI=1S/C10H12ClNO/c11-10-3-1-2-7-4-8(6-13)12-5-9(7)10/h1-3,8,12-13H,4-6H2. The van der Waals surface area contributed by atoms with E-state index in [2.05, 4.69) is 11.4 Å². The summed E-state index contributed by atoms with van der Waals surface area (Å²) in [5, 5.41) is 13.0. The second-order valence-electron chi connectivity index (χ2n) is 3.34. The van der Waals surface area contributed by atoms with Crippen molar-refractivity contribution in [1.82, 2.24) is 5.32 Å². The summed E-state index contributed by atoms with van der Waals surface area (Å²) < 4.78 is 0. The molecule has 0 aromatic heterocycles. The van der Waals surface area contributed by atoms with Gasteiger partial charge in [0, 0.05) is 17.6 Å². The van der Waals surface area contributed by atoms with Crippen LogP contribution in [0.15, 0.2) is 18.2 Å². The summed E-state index contributed by atoms with van der Waals surface area (Å²) in [5.74, 6) is 0. The van der Waals surface area contributed by atoms with E-state index in [1.54, 1.807) is 0 Å². The lowest BCUT2D eigenvalue weighted by Crippen LogP contribution is -2.38. The molecule has 1 aliphatic heterocycles. The van der Waals surface area contributed by atoms with E-state index in [9.17, 15) is 0 Å². The van der Waals surface area contributed by atoms with Crippen molar-refractivity contribution < 1.29 is 5.11 Å². The second-order valence-corrected chi connectivity index (χ2v) is 3.75. The molecule has 13 heavy (non-hydrogen) atoms. The molecule has 0 fully saturated rings. The molecule has 2 rings (SSSR count). The summed E-state index contributed by atoms with van der Waals surface area (Å²) in [6.07, 6.45) is 0.867. The van der Waals surface area contributed by atoms with Crippen LogP contribution in [-0.4, -0.2) is 17.8 Å². The van der Waals surface area contributed by atoms with Crippen molar-refractivity contribution in [1.29, 1.82) is 0 Å². The van der Waals surface area contributed by atoms with Crippen LogP contribution in [0.5, 0.6) is 0 Å². The molecule has 0 spiro atoms. The maximum Gasteiger partial charge on any atom is 0.0587 e. The fraction of sp³-hybridized carbons (Fsp3) is 0.400. The average molecular weight is 198 g/mol. The van der Waals surface area contributed by atoms with Crippen molar-refractivity contribution in [3.63, 3.8) is 0 Å². The molecule has 0 saturated carbocycles. The summed E-state index contributed by atoms with van der Waals surface area (Å²) in [5.41, 5.74) is 2.43. The van der Waals surface area contributed by atoms with Gasteiger partial charge in [-0.1, -0.05) is 23.7 Å². The first-order valence-electron chi connectivity index (χ1n) is 4.42. The van der Waals surface area contributed by atoms with Gasteiger partial charge < -0.3 is 10.4 Å². The first kappa shape index (κ1) is 9.00. The number of halogens is 1. The van der Waals surface area contributed by atoms with E-state index in [4.69, 9.17) is 16.7 Å². The highest BCUT2D eigenvalue weighted by Gasteiger charge is 2.18. The van der Waals surface area contributed by atoms with Gasteiger partial charge in [0.25, 0.3) is 0 Å². The number of benzene rings is 1. The summed E-state index contributed by atoms with van der Waals surface area (Å²) in [7, 11) is 0. The quantitative estimate of drug-likeness (QED) is 0.713. The van der Waals surface area contributed by atoms with Gasteiger partial charge in [-0.15, -0.1) is 0 Å². The maximum atomic E-state index is 8.99. The van der Waals surface area contributed by atoms with Crippen LogP contribution in [-0.2, 0) is 13.0 Å². The van der Waals surface area contributed by atoms with Crippen molar-refractivity contribution >= 4 is 11.6 Å². The summed E-state index contributed by atoms with van der Waals surface area (Å²) in [6, 6.07) is 6.12. The van der Waals surface area contributed by atoms with E-state index in [1.807, 2.05) is 12.1 Å². The zero-order valence-electron chi connectivity index (χ0n) is 7.26. The van der Waals surface area contributed by atoms with Crippen molar-refractivity contribution in [2.45, 2.75) is 19.0 Å². The molecule has 70 valence electrons. The van der Waals surface area contributed by atoms with Crippen LogP contribution in [0.4, 0.5) is 0 Å². The predicted octanol–water partition coefficient (Wildman–Crippen LogP) is 1.35. The van der Waals surface area contributed by atoms with E-state index < -0.39 is 0 Å². The topological polar surface area (TPSA) is 32.3 Å². The van der Waals surface area contributed by atoms with Crippen LogP contribution in [0.2, 0.25) is 5.02 Å². The Morgan fingerprint density at radius 2 is 2.38 bits per heavy atom. The minimum absolute atomic E-state index is 0.186. The first-order chi connectivity index (χ1) is 6.31. The Bertz CT molecular complexity index is 314. The van der Waals surface area contributed by atoms with Crippen LogP contribution in [0, 0.1) is 0 Å². The minimum Gasteiger partial charge on any atom is -0.395 e. The highest BCUT2D eigenvalue weighted by molar-refractivity contribution is 6.31. The number of fused-ring (bicyclic) bond motifs is 1. The fourth-order valence-electron chi connectivity index (χ4n) is 1.71. The summed E-state index contributed by atoms with van der Waals surface area (Å²) >= 11 is 6.03. The third kappa shape index (κ3) is 1.70. The third-order valence-corrected chi connectivity index (χ3v) is 2.82. The molecule has 0 saturated heterocycles. The van der Waals surface area contributed by atoms with Gasteiger partial charge in [0.05, 0.1) is 6.61 Å². The van der Waals surface area contributed by atoms with Crippen LogP contribution < -0.4 is 5.32 Å². The van der Waals surface area contributed by atoms with Crippen LogP contribution in [0.1, 0.15) is 11.1 Å². The molecule has 0 bridgehead atoms. The van der Waals surface area contributed by atoms with Gasteiger partial charge in [0.15, 0.2) is 0 Å². The molecule has 2 N–H and O–H groups in total. The zero-order valence-corrected chi connectivity index (χ0v) is 8.01. The zero-order chi connectivity index (χ0) is 9.26. The molecule has 3 heteroatoms. The van der Waals surface area contributed by atoms with Gasteiger partial charge in [-0.25, -0.2) is 0 Å². The van der Waals surface area contributed by atoms with Crippen LogP contribution >= 0.6 is 11.6 Å². The Balaban J connectivity index is 2.31. The van der Waals surface area contributed by atoms with Gasteiger partial charge in [0.1, 0.15) is 0 Å². The van der Waals surface area contributed by atoms with Crippen LogP contribution in [0.25, 0.3) is 0 Å². The lowest BCUT2D eigenvalue weighted by atomic mass is 9.96. The van der Waals surface area contributed by atoms with Crippen molar-refractivity contribution in [2.75, 3.05) is 6.61 Å². The molecular formula is C10H12ClNO. The normalized spacial score (nSPS) is 21.2. The molecule has 2 nitrogen and oxygen atoms in total. The number of aliphatic hydroxyl groups is 1. The van der Waals surface area contributed by atoms with Gasteiger partial charge in [0.2, 0.25) is 0 Å². The van der Waals surface area contributed by atoms with E-state index in [0.717, 1.165) is 18.0 Å². The molecular weight excluding hydrogens is 186 g/mol. The van der Waals surface area contributed by atoms with E-state index in [0.29, 0.717) is 0 Å². The lowest BCUT2D eigenvalue weighted by molar-refractivity contribution is 0.236. The first-order valence-corrected chi connectivity index (χ1v) is 4.79. The van der Waals surface area contributed by atoms with Crippen LogP contribution in [0.3, 0.4) is 0 Å². The van der Waals surface area contributed by atoms with E-state index in [-0.39, 0.29) is 12.6 Å². The Kier molecular flexibility index (Phi) is 2.54. The molecule has 1 atom stereocenters. The Hall–Kier alpha value is -0.570. The number of rotatable bonds is 1. The number of hydrogen-bond donors (Lipinski definition) is 2. The molecule has 1 aromatic carbocycles. The Labute approximate surface area is 82.5 Å². The highest BCUT2D eigenvalue weighted by atomic mass is 35.5. The third-order valence-electron chi connectivity index (χ3n) is 2.47. The van der Waals surface area contributed by atoms with Crippen molar-refractivity contribution in [2.24, 2.45) is 0 Å². The minimum atomic E-state index is 0.186. The number of nitrogens with one attached hydrogen (secondary N) is 1. The SMILES string of the molecule is OCC1Cc2cccc(Cl)c2CN1. The Morgan fingerprint density at radius 1 is 1.54 bits per heavy atom. The van der Waals surface area contributed by atoms with E-state index in [1.165, 1.54) is 11.1 Å². The lowest BCUT2D eigenvalue weighted by Gasteiger charge is -2.25. The van der Waals surface area contributed by atoms with Gasteiger partial charge >= 0.3 is 0 Å². The predicted molar refractivity (Wildman–Crippen MR) is 52.9 cm³/mol. The molecule has 1 aliphatic rings. The van der Waals surface area contributed by atoms with Gasteiger partial charge in [-0.3, -0.25) is 0 Å². The van der Waals surface area contributed by atoms with E-state index >= 15 is 0 Å². The Morgan fingerprint density at radius 3 is 3.15 bits per heavy atom. The smallest absolute Gasteiger partial charge is 0.0587 e. The average Bonchev–Trinajstić information content (AvgIpc) is 2.18. The van der Waals surface area contributed by atoms with Crippen molar-refractivity contribution in [3.05, 3.63) is 34.3 Å². The molecule has 1 aromatic rings. The number of hydrogen-bond acceptors (Lipinski definition) is 2.